The number of hydrogen-bond donors (Lipinski definition) is 1. The summed E-state index contributed by atoms with van der Waals surface area (Å²) < 4.78 is 17.8. The van der Waals surface area contributed by atoms with E-state index >= 15 is 0 Å². The van der Waals surface area contributed by atoms with Crippen molar-refractivity contribution in [1.82, 2.24) is 25.1 Å². The lowest BCUT2D eigenvalue weighted by atomic mass is 10.2. The summed E-state index contributed by atoms with van der Waals surface area (Å²) in [7, 11) is 1.67. The van der Waals surface area contributed by atoms with Crippen LogP contribution in [0.25, 0.3) is 0 Å². The molecule has 10 heteroatoms. The predicted octanol–water partition coefficient (Wildman–Crippen LogP) is 2.19. The Morgan fingerprint density at radius 2 is 2.03 bits per heavy atom. The molecule has 2 aliphatic heterocycles. The van der Waals surface area contributed by atoms with Gasteiger partial charge in [0.25, 0.3) is 5.91 Å². The third-order valence-corrected chi connectivity index (χ3v) is 6.81. The summed E-state index contributed by atoms with van der Waals surface area (Å²) in [6.07, 6.45) is 5.19. The zero-order valence-corrected chi connectivity index (χ0v) is 19.0. The third kappa shape index (κ3) is 4.56. The van der Waals surface area contributed by atoms with Crippen LogP contribution < -0.4 is 15.1 Å². The summed E-state index contributed by atoms with van der Waals surface area (Å²) in [6, 6.07) is 9.74. The van der Waals surface area contributed by atoms with E-state index in [-0.39, 0.29) is 11.7 Å². The number of fused-ring (bicyclic) bond motifs is 1. The van der Waals surface area contributed by atoms with Gasteiger partial charge in [-0.3, -0.25) is 9.59 Å². The Balaban J connectivity index is 1.31. The SMILES string of the molecule is [2H]C([2H])(c1ccccc1)n1cnc(C(=O)N[C@H]2CSc3cc(N4CCCC4)ncc3N(C)C2=O)n1. The van der Waals surface area contributed by atoms with Crippen LogP contribution in [0.1, 0.15) is 31.8 Å². The van der Waals surface area contributed by atoms with Crippen LogP contribution in [-0.2, 0) is 11.3 Å². The van der Waals surface area contributed by atoms with Crippen LogP contribution in [0.4, 0.5) is 11.5 Å². The molecule has 9 nitrogen and oxygen atoms in total. The molecule has 0 saturated carbocycles. The minimum Gasteiger partial charge on any atom is -0.357 e. The zero-order chi connectivity index (χ0) is 24.6. The second-order valence-corrected chi connectivity index (χ2v) is 8.99. The summed E-state index contributed by atoms with van der Waals surface area (Å²) in [5, 5.41) is 6.78. The van der Waals surface area contributed by atoms with Crippen molar-refractivity contribution < 1.29 is 12.3 Å². The number of anilines is 2. The highest BCUT2D eigenvalue weighted by Crippen LogP contribution is 2.36. The van der Waals surface area contributed by atoms with E-state index in [4.69, 9.17) is 2.74 Å². The Labute approximate surface area is 199 Å². The van der Waals surface area contributed by atoms with Gasteiger partial charge < -0.3 is 15.1 Å². The van der Waals surface area contributed by atoms with Crippen LogP contribution in [0, 0.1) is 0 Å². The first-order valence-corrected chi connectivity index (χ1v) is 11.8. The molecule has 1 N–H and O–H groups in total. The van der Waals surface area contributed by atoms with Crippen LogP contribution >= 0.6 is 11.8 Å². The molecule has 4 heterocycles. The number of aromatic nitrogens is 4. The molecule has 3 aromatic rings. The Hall–Kier alpha value is -3.40. The van der Waals surface area contributed by atoms with Gasteiger partial charge in [-0.05, 0) is 24.5 Å². The molecule has 1 saturated heterocycles. The molecule has 2 aliphatic rings. The fourth-order valence-corrected chi connectivity index (χ4v) is 4.99. The number of rotatable bonds is 5. The maximum atomic E-state index is 13.1. The van der Waals surface area contributed by atoms with E-state index in [0.29, 0.717) is 17.0 Å². The van der Waals surface area contributed by atoms with Gasteiger partial charge in [0.15, 0.2) is 0 Å². The van der Waals surface area contributed by atoms with Crippen molar-refractivity contribution >= 4 is 35.1 Å². The van der Waals surface area contributed by atoms with Crippen LogP contribution in [-0.4, -0.2) is 63.5 Å². The van der Waals surface area contributed by atoms with Crippen molar-refractivity contribution in [3.05, 3.63) is 60.3 Å². The van der Waals surface area contributed by atoms with Crippen molar-refractivity contribution in [1.29, 1.82) is 0 Å². The lowest BCUT2D eigenvalue weighted by Crippen LogP contribution is -2.48. The van der Waals surface area contributed by atoms with E-state index in [1.165, 1.54) is 23.0 Å². The van der Waals surface area contributed by atoms with E-state index < -0.39 is 18.4 Å². The van der Waals surface area contributed by atoms with Gasteiger partial charge in [0.1, 0.15) is 18.2 Å². The number of carbonyl (C=O) groups is 2. The lowest BCUT2D eigenvalue weighted by Gasteiger charge is -2.22. The maximum absolute atomic E-state index is 13.1. The van der Waals surface area contributed by atoms with Gasteiger partial charge in [-0.1, -0.05) is 30.3 Å². The number of nitrogens with one attached hydrogen (secondary N) is 1. The number of hydrogen-bond acceptors (Lipinski definition) is 7. The van der Waals surface area contributed by atoms with Crippen molar-refractivity contribution in [2.24, 2.45) is 0 Å². The number of thioether (sulfide) groups is 1. The van der Waals surface area contributed by atoms with Crippen LogP contribution in [0.2, 0.25) is 0 Å². The highest BCUT2D eigenvalue weighted by molar-refractivity contribution is 7.99. The highest BCUT2D eigenvalue weighted by Gasteiger charge is 2.31. The van der Waals surface area contributed by atoms with E-state index in [9.17, 15) is 9.59 Å². The van der Waals surface area contributed by atoms with Crippen LogP contribution in [0.15, 0.2) is 53.8 Å². The molecule has 1 fully saturated rings. The Morgan fingerprint density at radius 1 is 1.24 bits per heavy atom. The standard InChI is InChI=1S/C23H25N7O2S/c1-28-18-12-24-20(29-9-5-6-10-29)11-19(18)33-14-17(23(28)32)26-22(31)21-25-15-30(27-21)13-16-7-3-2-4-8-16/h2-4,7-8,11-12,15,17H,5-6,9-10,13-14H2,1H3,(H,26,31)/t17-/m0/s1/i13D2. The summed E-state index contributed by atoms with van der Waals surface area (Å²) in [5.74, 6) is 0.141. The molecule has 0 spiro atoms. The lowest BCUT2D eigenvalue weighted by molar-refractivity contribution is -0.119. The van der Waals surface area contributed by atoms with Gasteiger partial charge in [0, 0.05) is 30.8 Å². The first-order chi connectivity index (χ1) is 16.8. The quantitative estimate of drug-likeness (QED) is 0.617. The van der Waals surface area contributed by atoms with Crippen molar-refractivity contribution in [2.75, 3.05) is 35.7 Å². The third-order valence-electron chi connectivity index (χ3n) is 5.68. The minimum absolute atomic E-state index is 0.204. The second kappa shape index (κ2) is 9.22. The molecule has 170 valence electrons. The fourth-order valence-electron chi connectivity index (χ4n) is 3.90. The van der Waals surface area contributed by atoms with Gasteiger partial charge in [-0.15, -0.1) is 16.9 Å². The number of amides is 2. The molecule has 0 radical (unpaired) electrons. The monoisotopic (exact) mass is 465 g/mol. The molecule has 33 heavy (non-hydrogen) atoms. The van der Waals surface area contributed by atoms with E-state index in [0.717, 1.165) is 41.3 Å². The number of benzene rings is 1. The molecule has 1 atom stereocenters. The van der Waals surface area contributed by atoms with Crippen molar-refractivity contribution in [3.8, 4) is 0 Å². The number of nitrogens with zero attached hydrogens (tertiary/aromatic N) is 6. The Kier molecular flexibility index (Phi) is 5.34. The van der Waals surface area contributed by atoms with Crippen LogP contribution in [0.5, 0.6) is 0 Å². The van der Waals surface area contributed by atoms with Gasteiger partial charge in [0.05, 0.1) is 21.1 Å². The van der Waals surface area contributed by atoms with Gasteiger partial charge in [-0.25, -0.2) is 14.6 Å². The largest absolute Gasteiger partial charge is 0.357 e. The summed E-state index contributed by atoms with van der Waals surface area (Å²) in [6.45, 7) is -0.0276. The molecule has 0 unspecified atom stereocenters. The Bertz CT molecular complexity index is 1250. The summed E-state index contributed by atoms with van der Waals surface area (Å²) >= 11 is 1.49. The first kappa shape index (κ1) is 19.1. The smallest absolute Gasteiger partial charge is 0.291 e. The average Bonchev–Trinajstić information content (AvgIpc) is 3.57. The molecule has 1 aromatic carbocycles. The van der Waals surface area contributed by atoms with E-state index in [1.807, 2.05) is 6.07 Å². The molecule has 2 amide bonds. The zero-order valence-electron chi connectivity index (χ0n) is 20.1. The molecule has 2 aromatic heterocycles. The predicted molar refractivity (Wildman–Crippen MR) is 127 cm³/mol. The first-order valence-electron chi connectivity index (χ1n) is 11.8. The molecule has 5 rings (SSSR count). The minimum atomic E-state index is -1.98. The maximum Gasteiger partial charge on any atom is 0.291 e. The number of likely N-dealkylation sites (N-methyl/N-ethyl adjacent to an activating group) is 1. The van der Waals surface area contributed by atoms with Crippen LogP contribution in [0.3, 0.4) is 0 Å². The van der Waals surface area contributed by atoms with Gasteiger partial charge >= 0.3 is 0 Å². The molecule has 0 aliphatic carbocycles. The number of pyridine rings is 1. The van der Waals surface area contributed by atoms with Crippen molar-refractivity contribution in [3.63, 3.8) is 0 Å². The fraction of sp³-hybridized carbons (Fsp3) is 0.348. The van der Waals surface area contributed by atoms with Crippen molar-refractivity contribution in [2.45, 2.75) is 30.3 Å². The highest BCUT2D eigenvalue weighted by atomic mass is 32.2. The average molecular weight is 466 g/mol. The second-order valence-electron chi connectivity index (χ2n) is 7.93. The summed E-state index contributed by atoms with van der Waals surface area (Å²) in [4.78, 5) is 39.2. The van der Waals surface area contributed by atoms with E-state index in [2.05, 4.69) is 25.3 Å². The molecular weight excluding hydrogens is 438 g/mol. The molecular formula is C23H25N7O2S. The Morgan fingerprint density at radius 3 is 2.82 bits per heavy atom. The van der Waals surface area contributed by atoms with E-state index in [1.54, 1.807) is 43.6 Å². The normalized spacial score (nSPS) is 19.5. The van der Waals surface area contributed by atoms with Gasteiger partial charge in [-0.2, -0.15) is 0 Å². The topological polar surface area (TPSA) is 96.3 Å². The summed E-state index contributed by atoms with van der Waals surface area (Å²) in [5.41, 5.74) is 1.09. The number of carbonyl (C=O) groups excluding carboxylic acids is 2. The van der Waals surface area contributed by atoms with Gasteiger partial charge in [0.2, 0.25) is 11.7 Å². The molecule has 0 bridgehead atoms.